The summed E-state index contributed by atoms with van der Waals surface area (Å²) in [4.78, 5) is 0.225. The Kier molecular flexibility index (Phi) is 5.87. The van der Waals surface area contributed by atoms with Crippen molar-refractivity contribution in [2.24, 2.45) is 5.92 Å². The summed E-state index contributed by atoms with van der Waals surface area (Å²) in [7, 11) is 0. The largest absolute Gasteiger partial charge is 0.352 e. The third-order valence-corrected chi connectivity index (χ3v) is 2.97. The van der Waals surface area contributed by atoms with Crippen LogP contribution in [0.3, 0.4) is 0 Å². The second-order valence-corrected chi connectivity index (χ2v) is 5.62. The first kappa shape index (κ1) is 13.2. The van der Waals surface area contributed by atoms with E-state index in [1.54, 1.807) is 0 Å². The van der Waals surface area contributed by atoms with Gasteiger partial charge >= 0.3 is 0 Å². The Bertz CT molecular complexity index is 204. The van der Waals surface area contributed by atoms with Crippen LogP contribution >= 0.6 is 15.9 Å². The summed E-state index contributed by atoms with van der Waals surface area (Å²) in [6.07, 6.45) is 6.70. The number of allylic oxidation sites excluding steroid dienone is 1. The van der Waals surface area contributed by atoms with Gasteiger partial charge < -0.3 is 9.47 Å². The topological polar surface area (TPSA) is 18.5 Å². The minimum atomic E-state index is -0.144. The molecule has 4 atom stereocenters. The summed E-state index contributed by atoms with van der Waals surface area (Å²) < 4.78 is 11.4. The van der Waals surface area contributed by atoms with Crippen LogP contribution in [0.5, 0.6) is 0 Å². The summed E-state index contributed by atoms with van der Waals surface area (Å²) >= 11 is 3.51. The molecule has 0 saturated carbocycles. The highest BCUT2D eigenvalue weighted by atomic mass is 79.9. The average Bonchev–Trinajstić information content (AvgIpc) is 2.17. The Labute approximate surface area is 101 Å². The van der Waals surface area contributed by atoms with E-state index < -0.39 is 0 Å². The van der Waals surface area contributed by atoms with Crippen LogP contribution in [0.4, 0.5) is 0 Å². The molecule has 0 saturated heterocycles. The van der Waals surface area contributed by atoms with Crippen molar-refractivity contribution in [3.8, 4) is 0 Å². The molecule has 0 amide bonds. The molecule has 0 N–H and O–H groups in total. The Balaban J connectivity index is 2.43. The van der Waals surface area contributed by atoms with Crippen molar-refractivity contribution < 1.29 is 9.47 Å². The van der Waals surface area contributed by atoms with E-state index in [1.807, 2.05) is 6.92 Å². The highest BCUT2D eigenvalue weighted by molar-refractivity contribution is 9.09. The number of halogens is 1. The molecule has 0 aromatic carbocycles. The van der Waals surface area contributed by atoms with Crippen LogP contribution in [-0.2, 0) is 9.47 Å². The molecule has 1 rings (SSSR count). The molecule has 0 bridgehead atoms. The molecule has 1 aliphatic carbocycles. The number of hydrogen-bond donors (Lipinski definition) is 0. The molecule has 0 spiro atoms. The van der Waals surface area contributed by atoms with Crippen LogP contribution in [0.1, 0.15) is 33.6 Å². The van der Waals surface area contributed by atoms with Gasteiger partial charge in [0.05, 0.1) is 10.9 Å². The van der Waals surface area contributed by atoms with Crippen LogP contribution in [-0.4, -0.2) is 23.8 Å². The van der Waals surface area contributed by atoms with E-state index in [9.17, 15) is 0 Å². The molecule has 0 heterocycles. The molecule has 15 heavy (non-hydrogen) atoms. The summed E-state index contributed by atoms with van der Waals surface area (Å²) in [6.45, 7) is 6.99. The number of alkyl halides is 1. The Morgan fingerprint density at radius 1 is 1.53 bits per heavy atom. The van der Waals surface area contributed by atoms with E-state index in [2.05, 4.69) is 41.9 Å². The smallest absolute Gasteiger partial charge is 0.170 e. The molecule has 2 unspecified atom stereocenters. The summed E-state index contributed by atoms with van der Waals surface area (Å²) in [5, 5.41) is 0. The van der Waals surface area contributed by atoms with Crippen molar-refractivity contribution in [2.75, 3.05) is 6.61 Å². The predicted molar refractivity (Wildman–Crippen MR) is 66.2 cm³/mol. The number of rotatable bonds is 5. The van der Waals surface area contributed by atoms with E-state index in [-0.39, 0.29) is 17.2 Å². The van der Waals surface area contributed by atoms with Crippen molar-refractivity contribution in [2.45, 2.75) is 50.8 Å². The average molecular weight is 277 g/mol. The van der Waals surface area contributed by atoms with Crippen LogP contribution in [0.15, 0.2) is 12.2 Å². The lowest BCUT2D eigenvalue weighted by Crippen LogP contribution is -2.31. The van der Waals surface area contributed by atoms with Gasteiger partial charge in [0, 0.05) is 6.61 Å². The summed E-state index contributed by atoms with van der Waals surface area (Å²) in [5.74, 6) is 0.716. The fourth-order valence-corrected chi connectivity index (χ4v) is 2.03. The predicted octanol–water partition coefficient (Wildman–Crippen LogP) is 3.50. The highest BCUT2D eigenvalue weighted by Gasteiger charge is 2.22. The maximum atomic E-state index is 5.91. The standard InChI is InChI=1S/C12H21BrO2/c1-4-14-12(10(3)13)15-11-7-5-6-9(2)8-11/h5,7,9-12H,4,6,8H2,1-3H3/t9-,10?,11+,12?/m1/s1. The fraction of sp³-hybridized carbons (Fsp3) is 0.833. The quantitative estimate of drug-likeness (QED) is 0.435. The van der Waals surface area contributed by atoms with Gasteiger partial charge in [-0.15, -0.1) is 0 Å². The maximum Gasteiger partial charge on any atom is 0.170 e. The zero-order valence-electron chi connectivity index (χ0n) is 9.78. The molecule has 0 aromatic heterocycles. The molecule has 0 aliphatic heterocycles. The molecule has 2 nitrogen and oxygen atoms in total. The lowest BCUT2D eigenvalue weighted by molar-refractivity contribution is -0.157. The lowest BCUT2D eigenvalue weighted by Gasteiger charge is -2.28. The van der Waals surface area contributed by atoms with Crippen LogP contribution in [0.25, 0.3) is 0 Å². The van der Waals surface area contributed by atoms with E-state index in [4.69, 9.17) is 9.47 Å². The van der Waals surface area contributed by atoms with E-state index in [1.165, 1.54) is 6.42 Å². The Hall–Kier alpha value is 0.140. The molecule has 3 heteroatoms. The fourth-order valence-electron chi connectivity index (χ4n) is 1.75. The number of ether oxygens (including phenoxy) is 2. The van der Waals surface area contributed by atoms with Gasteiger partial charge in [-0.05, 0) is 32.6 Å². The van der Waals surface area contributed by atoms with Gasteiger partial charge in [-0.25, -0.2) is 0 Å². The molecular formula is C12H21BrO2. The van der Waals surface area contributed by atoms with E-state index >= 15 is 0 Å². The molecule has 0 fully saturated rings. The second kappa shape index (κ2) is 6.66. The molecule has 1 aliphatic rings. The first-order valence-electron chi connectivity index (χ1n) is 5.71. The second-order valence-electron chi connectivity index (χ2n) is 4.18. The molecule has 0 radical (unpaired) electrons. The van der Waals surface area contributed by atoms with Crippen molar-refractivity contribution in [1.29, 1.82) is 0 Å². The van der Waals surface area contributed by atoms with Gasteiger partial charge in [-0.3, -0.25) is 0 Å². The maximum absolute atomic E-state index is 5.91. The lowest BCUT2D eigenvalue weighted by atomic mass is 9.94. The molecule has 88 valence electrons. The van der Waals surface area contributed by atoms with Crippen LogP contribution in [0.2, 0.25) is 0 Å². The van der Waals surface area contributed by atoms with E-state index in [0.29, 0.717) is 12.5 Å². The third kappa shape index (κ3) is 4.66. The zero-order valence-corrected chi connectivity index (χ0v) is 11.4. The Morgan fingerprint density at radius 2 is 2.27 bits per heavy atom. The first-order valence-corrected chi connectivity index (χ1v) is 6.62. The van der Waals surface area contributed by atoms with Crippen molar-refractivity contribution in [1.82, 2.24) is 0 Å². The zero-order chi connectivity index (χ0) is 11.3. The molecule has 0 aromatic rings. The van der Waals surface area contributed by atoms with Gasteiger partial charge in [0.15, 0.2) is 6.29 Å². The summed E-state index contributed by atoms with van der Waals surface area (Å²) in [5.41, 5.74) is 0. The van der Waals surface area contributed by atoms with E-state index in [0.717, 1.165) is 6.42 Å². The van der Waals surface area contributed by atoms with Gasteiger partial charge in [0.2, 0.25) is 0 Å². The van der Waals surface area contributed by atoms with Crippen LogP contribution in [0, 0.1) is 5.92 Å². The van der Waals surface area contributed by atoms with Gasteiger partial charge in [-0.2, -0.15) is 0 Å². The van der Waals surface area contributed by atoms with Crippen molar-refractivity contribution >= 4 is 15.9 Å². The highest BCUT2D eigenvalue weighted by Crippen LogP contribution is 2.23. The van der Waals surface area contributed by atoms with Crippen molar-refractivity contribution in [3.63, 3.8) is 0 Å². The third-order valence-electron chi connectivity index (χ3n) is 2.54. The van der Waals surface area contributed by atoms with Crippen LogP contribution < -0.4 is 0 Å². The minimum Gasteiger partial charge on any atom is -0.352 e. The first-order chi connectivity index (χ1) is 7.13. The monoisotopic (exact) mass is 276 g/mol. The summed E-state index contributed by atoms with van der Waals surface area (Å²) in [6, 6.07) is 0. The van der Waals surface area contributed by atoms with Gasteiger partial charge in [0.1, 0.15) is 0 Å². The van der Waals surface area contributed by atoms with Gasteiger partial charge in [-0.1, -0.05) is 35.0 Å². The van der Waals surface area contributed by atoms with Crippen molar-refractivity contribution in [3.05, 3.63) is 12.2 Å². The Morgan fingerprint density at radius 3 is 2.80 bits per heavy atom. The van der Waals surface area contributed by atoms with Gasteiger partial charge in [0.25, 0.3) is 0 Å². The molecular weight excluding hydrogens is 256 g/mol. The SMILES string of the molecule is CCOC(O[C@H]1C=CC[C@@H](C)C1)C(C)Br. The normalized spacial score (nSPS) is 30.1. The minimum absolute atomic E-state index is 0.144. The number of hydrogen-bond acceptors (Lipinski definition) is 2.